The van der Waals surface area contributed by atoms with E-state index in [2.05, 4.69) is 16.3 Å². The van der Waals surface area contributed by atoms with Crippen LogP contribution in [0.3, 0.4) is 0 Å². The van der Waals surface area contributed by atoms with E-state index in [-0.39, 0.29) is 12.1 Å². The minimum absolute atomic E-state index is 0.197. The van der Waals surface area contributed by atoms with E-state index < -0.39 is 11.7 Å². The van der Waals surface area contributed by atoms with Crippen molar-refractivity contribution in [2.24, 2.45) is 0 Å². The van der Waals surface area contributed by atoms with E-state index in [1.165, 1.54) is 0 Å². The number of carbonyl (C=O) groups is 1. The van der Waals surface area contributed by atoms with Crippen molar-refractivity contribution in [3.63, 3.8) is 0 Å². The Morgan fingerprint density at radius 2 is 2.17 bits per heavy atom. The highest BCUT2D eigenvalue weighted by molar-refractivity contribution is 5.67. The van der Waals surface area contributed by atoms with Crippen molar-refractivity contribution in [3.8, 4) is 11.8 Å². The molecule has 0 aromatic heterocycles. The molecule has 0 aliphatic carbocycles. The van der Waals surface area contributed by atoms with Gasteiger partial charge < -0.3 is 19.5 Å². The Bertz CT molecular complexity index is 696. The molecule has 1 aromatic carbocycles. The number of methoxy groups -OCH3 is 1. The fraction of sp³-hybridized carbons (Fsp3) is 0.636. The van der Waals surface area contributed by atoms with E-state index in [1.807, 2.05) is 32.9 Å². The molecule has 1 amide bonds. The van der Waals surface area contributed by atoms with Gasteiger partial charge in [0.2, 0.25) is 0 Å². The molecule has 0 bridgehead atoms. The summed E-state index contributed by atoms with van der Waals surface area (Å²) in [6, 6.07) is 9.50. The van der Waals surface area contributed by atoms with Gasteiger partial charge in [0, 0.05) is 32.8 Å². The molecule has 1 aliphatic rings. The number of carbonyl (C=O) groups excluding carboxylic acids is 1. The second-order valence-corrected chi connectivity index (χ2v) is 8.30. The van der Waals surface area contributed by atoms with E-state index in [0.29, 0.717) is 24.5 Å². The predicted octanol–water partition coefficient (Wildman–Crippen LogP) is 3.33. The third kappa shape index (κ3) is 8.30. The van der Waals surface area contributed by atoms with Gasteiger partial charge in [-0.2, -0.15) is 5.26 Å². The standard InChI is InChI=1S/C22H33N3O4/c1-22(2,3)29-21(26)24-16-18-14-19(27-4)9-11-25(18)10-6-12-28-20-8-5-7-17(13-20)15-23/h5,7-8,13,18-19H,6,9-12,14,16H2,1-4H3,(H,24,26)/t18-,19-/m1/s1. The average molecular weight is 404 g/mol. The minimum atomic E-state index is -0.508. The fourth-order valence-electron chi connectivity index (χ4n) is 3.41. The number of piperidine rings is 1. The summed E-state index contributed by atoms with van der Waals surface area (Å²) in [4.78, 5) is 14.4. The average Bonchev–Trinajstić information content (AvgIpc) is 2.69. The molecule has 0 spiro atoms. The normalized spacial score (nSPS) is 20.0. The van der Waals surface area contributed by atoms with Gasteiger partial charge in [0.05, 0.1) is 24.3 Å². The highest BCUT2D eigenvalue weighted by atomic mass is 16.6. The number of alkyl carbamates (subject to hydrolysis) is 1. The Hall–Kier alpha value is -2.30. The molecule has 1 heterocycles. The SMILES string of the molecule is CO[C@@H]1CCN(CCCOc2cccc(C#N)c2)[C@@H](CNC(=O)OC(C)(C)C)C1. The van der Waals surface area contributed by atoms with Crippen molar-refractivity contribution in [1.82, 2.24) is 10.2 Å². The number of benzene rings is 1. The summed E-state index contributed by atoms with van der Waals surface area (Å²) >= 11 is 0. The molecule has 2 rings (SSSR count). The number of nitrogens with zero attached hydrogens (tertiary/aromatic N) is 2. The Balaban J connectivity index is 1.81. The molecule has 2 atom stereocenters. The molecule has 1 saturated heterocycles. The molecule has 0 radical (unpaired) electrons. The van der Waals surface area contributed by atoms with Gasteiger partial charge in [-0.05, 0) is 58.2 Å². The lowest BCUT2D eigenvalue weighted by Gasteiger charge is -2.39. The zero-order valence-corrected chi connectivity index (χ0v) is 17.9. The Morgan fingerprint density at radius 1 is 1.38 bits per heavy atom. The van der Waals surface area contributed by atoms with Crippen LogP contribution in [0.15, 0.2) is 24.3 Å². The first kappa shape index (κ1) is 23.0. The van der Waals surface area contributed by atoms with Crippen molar-refractivity contribution in [2.45, 2.75) is 57.8 Å². The zero-order chi connectivity index (χ0) is 21.3. The first-order valence-corrected chi connectivity index (χ1v) is 10.2. The highest BCUT2D eigenvalue weighted by Crippen LogP contribution is 2.20. The van der Waals surface area contributed by atoms with Crippen LogP contribution in [0.5, 0.6) is 5.75 Å². The Morgan fingerprint density at radius 3 is 2.86 bits per heavy atom. The molecule has 7 heteroatoms. The van der Waals surface area contributed by atoms with E-state index in [4.69, 9.17) is 19.5 Å². The second-order valence-electron chi connectivity index (χ2n) is 8.30. The van der Waals surface area contributed by atoms with Crippen LogP contribution in [0.1, 0.15) is 45.6 Å². The van der Waals surface area contributed by atoms with Crippen LogP contribution in [0.25, 0.3) is 0 Å². The number of nitriles is 1. The van der Waals surface area contributed by atoms with Gasteiger partial charge in [0.1, 0.15) is 11.4 Å². The number of nitrogens with one attached hydrogen (secondary N) is 1. The second kappa shape index (κ2) is 11.0. The summed E-state index contributed by atoms with van der Waals surface area (Å²) in [5, 5.41) is 11.9. The van der Waals surface area contributed by atoms with Crippen LogP contribution in [0.2, 0.25) is 0 Å². The molecule has 1 N–H and O–H groups in total. The first-order valence-electron chi connectivity index (χ1n) is 10.2. The van der Waals surface area contributed by atoms with Crippen molar-refractivity contribution in [1.29, 1.82) is 5.26 Å². The molecule has 0 unspecified atom stereocenters. The van der Waals surface area contributed by atoms with Crippen molar-refractivity contribution < 1.29 is 19.0 Å². The number of hydrogen-bond acceptors (Lipinski definition) is 6. The number of amides is 1. The third-order valence-corrected chi connectivity index (χ3v) is 4.83. The molecular formula is C22H33N3O4. The van der Waals surface area contributed by atoms with Crippen LogP contribution in [0.4, 0.5) is 4.79 Å². The summed E-state index contributed by atoms with van der Waals surface area (Å²) in [5.41, 5.74) is 0.0865. The lowest BCUT2D eigenvalue weighted by atomic mass is 9.99. The highest BCUT2D eigenvalue weighted by Gasteiger charge is 2.29. The summed E-state index contributed by atoms with van der Waals surface area (Å²) in [6.45, 7) is 8.45. The van der Waals surface area contributed by atoms with E-state index >= 15 is 0 Å². The monoisotopic (exact) mass is 403 g/mol. The number of hydrogen-bond donors (Lipinski definition) is 1. The predicted molar refractivity (Wildman–Crippen MR) is 111 cm³/mol. The van der Waals surface area contributed by atoms with Gasteiger partial charge in [-0.15, -0.1) is 0 Å². The van der Waals surface area contributed by atoms with E-state index in [0.717, 1.165) is 32.4 Å². The largest absolute Gasteiger partial charge is 0.494 e. The lowest BCUT2D eigenvalue weighted by Crippen LogP contribution is -2.51. The molecule has 29 heavy (non-hydrogen) atoms. The third-order valence-electron chi connectivity index (χ3n) is 4.83. The van der Waals surface area contributed by atoms with Gasteiger partial charge in [0.25, 0.3) is 0 Å². The van der Waals surface area contributed by atoms with Crippen LogP contribution in [-0.2, 0) is 9.47 Å². The number of ether oxygens (including phenoxy) is 3. The van der Waals surface area contributed by atoms with Gasteiger partial charge in [-0.3, -0.25) is 4.90 Å². The van der Waals surface area contributed by atoms with Crippen LogP contribution < -0.4 is 10.1 Å². The lowest BCUT2D eigenvalue weighted by molar-refractivity contribution is 0.00712. The van der Waals surface area contributed by atoms with Crippen LogP contribution in [-0.4, -0.2) is 62.1 Å². The Labute approximate surface area is 173 Å². The van der Waals surface area contributed by atoms with Gasteiger partial charge >= 0.3 is 6.09 Å². The van der Waals surface area contributed by atoms with Crippen molar-refractivity contribution in [2.75, 3.05) is 33.4 Å². The van der Waals surface area contributed by atoms with Gasteiger partial charge in [0.15, 0.2) is 0 Å². The molecule has 1 aromatic rings. The van der Waals surface area contributed by atoms with E-state index in [9.17, 15) is 4.79 Å². The quantitative estimate of drug-likeness (QED) is 0.670. The minimum Gasteiger partial charge on any atom is -0.494 e. The fourth-order valence-corrected chi connectivity index (χ4v) is 3.41. The van der Waals surface area contributed by atoms with Crippen LogP contribution >= 0.6 is 0 Å². The van der Waals surface area contributed by atoms with Gasteiger partial charge in [-0.1, -0.05) is 6.07 Å². The summed E-state index contributed by atoms with van der Waals surface area (Å²) in [6.07, 6.45) is 2.53. The van der Waals surface area contributed by atoms with Crippen LogP contribution in [0, 0.1) is 11.3 Å². The van der Waals surface area contributed by atoms with E-state index in [1.54, 1.807) is 19.2 Å². The molecular weight excluding hydrogens is 370 g/mol. The maximum atomic E-state index is 12.0. The number of likely N-dealkylation sites (tertiary alicyclic amines) is 1. The van der Waals surface area contributed by atoms with Gasteiger partial charge in [-0.25, -0.2) is 4.79 Å². The van der Waals surface area contributed by atoms with Crippen molar-refractivity contribution >= 4 is 6.09 Å². The maximum Gasteiger partial charge on any atom is 0.407 e. The first-order chi connectivity index (χ1) is 13.8. The molecule has 0 saturated carbocycles. The zero-order valence-electron chi connectivity index (χ0n) is 17.9. The maximum absolute atomic E-state index is 12.0. The smallest absolute Gasteiger partial charge is 0.407 e. The molecule has 1 fully saturated rings. The molecule has 7 nitrogen and oxygen atoms in total. The molecule has 1 aliphatic heterocycles. The molecule has 160 valence electrons. The summed E-state index contributed by atoms with van der Waals surface area (Å²) < 4.78 is 16.7. The summed E-state index contributed by atoms with van der Waals surface area (Å²) in [5.74, 6) is 0.713. The Kier molecular flexibility index (Phi) is 8.74. The topological polar surface area (TPSA) is 83.8 Å². The number of rotatable bonds is 8. The van der Waals surface area contributed by atoms with Crippen molar-refractivity contribution in [3.05, 3.63) is 29.8 Å². The summed E-state index contributed by atoms with van der Waals surface area (Å²) in [7, 11) is 1.74.